The van der Waals surface area contributed by atoms with Gasteiger partial charge in [-0.2, -0.15) is 0 Å². The van der Waals surface area contributed by atoms with E-state index in [9.17, 15) is 8.42 Å². The third kappa shape index (κ3) is 4.80. The van der Waals surface area contributed by atoms with Crippen LogP contribution in [0, 0.1) is 5.92 Å². The second-order valence-electron chi connectivity index (χ2n) is 5.14. The minimum atomic E-state index is -2.75. The Morgan fingerprint density at radius 1 is 1.44 bits per heavy atom. The number of nitrogens with zero attached hydrogens (tertiary/aromatic N) is 1. The third-order valence-corrected chi connectivity index (χ3v) is 4.78. The maximum atomic E-state index is 11.3. The largest absolute Gasteiger partial charge is 0.315 e. The summed E-state index contributed by atoms with van der Waals surface area (Å²) >= 11 is 0. The summed E-state index contributed by atoms with van der Waals surface area (Å²) in [6.45, 7) is 7.25. The third-order valence-electron chi connectivity index (χ3n) is 3.03. The molecule has 1 heterocycles. The number of likely N-dealkylation sites (N-methyl/N-ethyl adjacent to an activating group) is 1. The van der Waals surface area contributed by atoms with Gasteiger partial charge in [-0.25, -0.2) is 8.42 Å². The summed E-state index contributed by atoms with van der Waals surface area (Å²) in [4.78, 5) is 2.16. The van der Waals surface area contributed by atoms with Gasteiger partial charge in [0.25, 0.3) is 0 Å². The van der Waals surface area contributed by atoms with Crippen LogP contribution in [0.4, 0.5) is 0 Å². The second kappa shape index (κ2) is 5.98. The van der Waals surface area contributed by atoms with Crippen LogP contribution in [-0.2, 0) is 9.84 Å². The predicted octanol–water partition coefficient (Wildman–Crippen LogP) is 0.351. The highest BCUT2D eigenvalue weighted by Gasteiger charge is 2.30. The van der Waals surface area contributed by atoms with E-state index in [1.807, 2.05) is 7.05 Å². The average Bonchev–Trinajstić information content (AvgIpc) is 2.53. The first-order chi connectivity index (χ1) is 7.41. The molecule has 0 radical (unpaired) electrons. The fourth-order valence-corrected chi connectivity index (χ4v) is 3.76. The van der Waals surface area contributed by atoms with Crippen molar-refractivity contribution in [3.05, 3.63) is 0 Å². The van der Waals surface area contributed by atoms with Gasteiger partial charge in [0.1, 0.15) is 0 Å². The van der Waals surface area contributed by atoms with Gasteiger partial charge in [0, 0.05) is 19.1 Å². The molecule has 1 saturated heterocycles. The summed E-state index contributed by atoms with van der Waals surface area (Å²) in [5.74, 6) is 1.37. The highest BCUT2D eigenvalue weighted by molar-refractivity contribution is 7.91. The smallest absolute Gasteiger partial charge is 0.151 e. The molecule has 0 aromatic heterocycles. The Balaban J connectivity index is 2.18. The topological polar surface area (TPSA) is 49.4 Å². The standard InChI is InChI=1S/C11H24N2O2S/c1-10(2)8-12-5-6-13(3)11-4-7-16(14,15)9-11/h10-12H,4-9H2,1-3H3. The number of rotatable bonds is 6. The molecule has 16 heavy (non-hydrogen) atoms. The normalized spacial score (nSPS) is 24.4. The minimum absolute atomic E-state index is 0.228. The Morgan fingerprint density at radius 2 is 2.12 bits per heavy atom. The first-order valence-electron chi connectivity index (χ1n) is 6.02. The molecule has 4 nitrogen and oxygen atoms in total. The van der Waals surface area contributed by atoms with E-state index in [1.165, 1.54) is 0 Å². The molecule has 96 valence electrons. The van der Waals surface area contributed by atoms with Crippen LogP contribution >= 0.6 is 0 Å². The maximum Gasteiger partial charge on any atom is 0.151 e. The van der Waals surface area contributed by atoms with E-state index in [-0.39, 0.29) is 6.04 Å². The summed E-state index contributed by atoms with van der Waals surface area (Å²) in [7, 11) is -0.730. The summed E-state index contributed by atoms with van der Waals surface area (Å²) in [6, 6.07) is 0.228. The molecular formula is C11H24N2O2S. The van der Waals surface area contributed by atoms with Crippen molar-refractivity contribution in [3.63, 3.8) is 0 Å². The average molecular weight is 248 g/mol. The fourth-order valence-electron chi connectivity index (χ4n) is 1.95. The molecule has 5 heteroatoms. The van der Waals surface area contributed by atoms with E-state index in [0.29, 0.717) is 17.4 Å². The summed E-state index contributed by atoms with van der Waals surface area (Å²) in [5.41, 5.74) is 0. The molecule has 1 aliphatic rings. The van der Waals surface area contributed by atoms with Crippen LogP contribution in [0.15, 0.2) is 0 Å². The number of nitrogens with one attached hydrogen (secondary N) is 1. The molecule has 1 fully saturated rings. The van der Waals surface area contributed by atoms with Crippen molar-refractivity contribution in [2.45, 2.75) is 26.3 Å². The van der Waals surface area contributed by atoms with Crippen molar-refractivity contribution >= 4 is 9.84 Å². The zero-order valence-electron chi connectivity index (χ0n) is 10.6. The van der Waals surface area contributed by atoms with E-state index in [1.54, 1.807) is 0 Å². The Morgan fingerprint density at radius 3 is 2.62 bits per heavy atom. The molecule has 0 aliphatic carbocycles. The molecule has 1 atom stereocenters. The molecule has 0 aromatic rings. The van der Waals surface area contributed by atoms with Crippen LogP contribution in [0.25, 0.3) is 0 Å². The summed E-state index contributed by atoms with van der Waals surface area (Å²) in [6.07, 6.45) is 0.795. The SMILES string of the molecule is CC(C)CNCCN(C)C1CCS(=O)(=O)C1. The van der Waals surface area contributed by atoms with Crippen molar-refractivity contribution < 1.29 is 8.42 Å². The predicted molar refractivity (Wildman–Crippen MR) is 67.4 cm³/mol. The lowest BCUT2D eigenvalue weighted by molar-refractivity contribution is 0.260. The molecule has 0 aromatic carbocycles. The van der Waals surface area contributed by atoms with Gasteiger partial charge in [0.05, 0.1) is 11.5 Å². The van der Waals surface area contributed by atoms with Gasteiger partial charge in [-0.3, -0.25) is 0 Å². The van der Waals surface area contributed by atoms with Gasteiger partial charge in [0.15, 0.2) is 9.84 Å². The van der Waals surface area contributed by atoms with Crippen LogP contribution in [0.2, 0.25) is 0 Å². The lowest BCUT2D eigenvalue weighted by Gasteiger charge is -2.23. The molecular weight excluding hydrogens is 224 g/mol. The molecule has 0 amide bonds. The van der Waals surface area contributed by atoms with E-state index < -0.39 is 9.84 Å². The van der Waals surface area contributed by atoms with Crippen molar-refractivity contribution in [1.29, 1.82) is 0 Å². The van der Waals surface area contributed by atoms with Crippen LogP contribution < -0.4 is 5.32 Å². The van der Waals surface area contributed by atoms with Gasteiger partial charge in [-0.1, -0.05) is 13.8 Å². The zero-order chi connectivity index (χ0) is 12.2. The van der Waals surface area contributed by atoms with Gasteiger partial charge in [-0.15, -0.1) is 0 Å². The van der Waals surface area contributed by atoms with E-state index in [2.05, 4.69) is 24.1 Å². The van der Waals surface area contributed by atoms with Gasteiger partial charge >= 0.3 is 0 Å². The van der Waals surface area contributed by atoms with Gasteiger partial charge in [-0.05, 0) is 25.9 Å². The maximum absolute atomic E-state index is 11.3. The van der Waals surface area contributed by atoms with Crippen molar-refractivity contribution in [2.24, 2.45) is 5.92 Å². The van der Waals surface area contributed by atoms with Gasteiger partial charge in [0.2, 0.25) is 0 Å². The lowest BCUT2D eigenvalue weighted by Crippen LogP contribution is -2.38. The quantitative estimate of drug-likeness (QED) is 0.689. The Hall–Kier alpha value is -0.130. The summed E-state index contributed by atoms with van der Waals surface area (Å²) < 4.78 is 22.6. The van der Waals surface area contributed by atoms with Crippen molar-refractivity contribution in [1.82, 2.24) is 10.2 Å². The molecule has 1 rings (SSSR count). The molecule has 1 unspecified atom stereocenters. The van der Waals surface area contributed by atoms with Crippen LogP contribution in [-0.4, -0.2) is 57.5 Å². The highest BCUT2D eigenvalue weighted by atomic mass is 32.2. The molecule has 0 saturated carbocycles. The van der Waals surface area contributed by atoms with Crippen LogP contribution in [0.1, 0.15) is 20.3 Å². The van der Waals surface area contributed by atoms with E-state index in [4.69, 9.17) is 0 Å². The first-order valence-corrected chi connectivity index (χ1v) is 7.84. The molecule has 1 N–H and O–H groups in total. The Bertz CT molecular complexity index is 301. The lowest BCUT2D eigenvalue weighted by atomic mass is 10.2. The number of hydrogen-bond donors (Lipinski definition) is 1. The summed E-state index contributed by atoms with van der Waals surface area (Å²) in [5, 5.41) is 3.37. The Labute approximate surface area is 99.3 Å². The first kappa shape index (κ1) is 13.9. The highest BCUT2D eigenvalue weighted by Crippen LogP contribution is 2.15. The molecule has 1 aliphatic heterocycles. The van der Waals surface area contributed by atoms with E-state index >= 15 is 0 Å². The second-order valence-corrected chi connectivity index (χ2v) is 7.36. The monoisotopic (exact) mass is 248 g/mol. The van der Waals surface area contributed by atoms with E-state index in [0.717, 1.165) is 26.1 Å². The minimum Gasteiger partial charge on any atom is -0.315 e. The number of sulfone groups is 1. The van der Waals surface area contributed by atoms with Gasteiger partial charge < -0.3 is 10.2 Å². The fraction of sp³-hybridized carbons (Fsp3) is 1.00. The number of hydrogen-bond acceptors (Lipinski definition) is 4. The van der Waals surface area contributed by atoms with Crippen molar-refractivity contribution in [3.8, 4) is 0 Å². The zero-order valence-corrected chi connectivity index (χ0v) is 11.4. The van der Waals surface area contributed by atoms with Crippen LogP contribution in [0.5, 0.6) is 0 Å². The Kier molecular flexibility index (Phi) is 5.21. The van der Waals surface area contributed by atoms with Crippen LogP contribution in [0.3, 0.4) is 0 Å². The molecule has 0 bridgehead atoms. The molecule has 0 spiro atoms. The van der Waals surface area contributed by atoms with Crippen molar-refractivity contribution in [2.75, 3.05) is 38.2 Å².